The fourth-order valence-corrected chi connectivity index (χ4v) is 4.93. The Bertz CT molecular complexity index is 1240. The number of aromatic amines is 1. The first-order valence-electron chi connectivity index (χ1n) is 13.5. The highest BCUT2D eigenvalue weighted by Gasteiger charge is 2.38. The van der Waals surface area contributed by atoms with Gasteiger partial charge in [-0.15, -0.1) is 0 Å². The molecule has 3 amide bonds. The maximum atomic E-state index is 13.3. The average molecular weight is 557 g/mol. The van der Waals surface area contributed by atoms with Gasteiger partial charge in [0.05, 0.1) is 6.04 Å². The van der Waals surface area contributed by atoms with Crippen LogP contribution in [0.25, 0.3) is 10.9 Å². The Morgan fingerprint density at radius 3 is 2.58 bits per heavy atom. The third-order valence-electron chi connectivity index (χ3n) is 7.08. The van der Waals surface area contributed by atoms with Crippen molar-refractivity contribution >= 4 is 40.6 Å². The van der Waals surface area contributed by atoms with Crippen molar-refractivity contribution < 1.29 is 24.3 Å². The Hall–Kier alpha value is -4.13. The molecule has 2 heterocycles. The van der Waals surface area contributed by atoms with E-state index in [0.29, 0.717) is 38.8 Å². The van der Waals surface area contributed by atoms with Crippen LogP contribution in [-0.2, 0) is 25.6 Å². The number of carboxylic acids is 1. The Kier molecular flexibility index (Phi) is 10.5. The van der Waals surface area contributed by atoms with Crippen molar-refractivity contribution in [3.63, 3.8) is 0 Å². The fraction of sp³-hybridized carbons (Fsp3) is 0.519. The molecule has 1 aromatic heterocycles. The van der Waals surface area contributed by atoms with Gasteiger partial charge in [0.1, 0.15) is 18.1 Å². The number of nitrogens with one attached hydrogen (secondary N) is 3. The molecule has 40 heavy (non-hydrogen) atoms. The molecule has 0 saturated carbocycles. The van der Waals surface area contributed by atoms with E-state index < -0.39 is 42.0 Å². The highest BCUT2D eigenvalue weighted by atomic mass is 16.4. The van der Waals surface area contributed by atoms with Gasteiger partial charge in [-0.05, 0) is 43.2 Å². The fourth-order valence-electron chi connectivity index (χ4n) is 4.93. The van der Waals surface area contributed by atoms with Crippen LogP contribution in [0.3, 0.4) is 0 Å². The molecule has 0 bridgehead atoms. The van der Waals surface area contributed by atoms with Crippen LogP contribution in [-0.4, -0.2) is 81.9 Å². The van der Waals surface area contributed by atoms with Crippen LogP contribution in [0.15, 0.2) is 35.5 Å². The quantitative estimate of drug-likeness (QED) is 0.0991. The number of hydrogen-bond donors (Lipinski definition) is 7. The number of amides is 3. The lowest BCUT2D eigenvalue weighted by Gasteiger charge is -2.29. The molecule has 0 spiro atoms. The van der Waals surface area contributed by atoms with Crippen molar-refractivity contribution in [1.29, 1.82) is 0 Å². The van der Waals surface area contributed by atoms with Crippen molar-refractivity contribution in [2.24, 2.45) is 28.1 Å². The number of nitrogens with two attached hydrogens (primary N) is 3. The van der Waals surface area contributed by atoms with Crippen LogP contribution in [0.2, 0.25) is 0 Å². The maximum absolute atomic E-state index is 13.3. The van der Waals surface area contributed by atoms with Gasteiger partial charge in [0.15, 0.2) is 5.96 Å². The number of hydrogen-bond acceptors (Lipinski definition) is 6. The molecule has 1 saturated heterocycles. The smallest absolute Gasteiger partial charge is 0.326 e. The zero-order valence-corrected chi connectivity index (χ0v) is 22.9. The summed E-state index contributed by atoms with van der Waals surface area (Å²) in [6.45, 7) is 4.23. The van der Waals surface area contributed by atoms with Gasteiger partial charge in [-0.2, -0.15) is 0 Å². The molecule has 4 atom stereocenters. The van der Waals surface area contributed by atoms with E-state index in [1.165, 1.54) is 4.90 Å². The summed E-state index contributed by atoms with van der Waals surface area (Å²) in [6.07, 6.45) is 3.71. The van der Waals surface area contributed by atoms with Crippen LogP contribution < -0.4 is 27.8 Å². The lowest BCUT2D eigenvalue weighted by Crippen LogP contribution is -2.58. The molecule has 3 rings (SSSR count). The monoisotopic (exact) mass is 556 g/mol. The molecule has 2 aromatic rings. The predicted octanol–water partition coefficient (Wildman–Crippen LogP) is -0.207. The molecule has 0 radical (unpaired) electrons. The van der Waals surface area contributed by atoms with Crippen molar-refractivity contribution in [3.8, 4) is 0 Å². The Labute approximate surface area is 232 Å². The van der Waals surface area contributed by atoms with Crippen LogP contribution in [0, 0.1) is 5.92 Å². The Balaban J connectivity index is 1.64. The van der Waals surface area contributed by atoms with E-state index in [4.69, 9.17) is 17.2 Å². The van der Waals surface area contributed by atoms with Gasteiger partial charge < -0.3 is 42.8 Å². The third-order valence-corrected chi connectivity index (χ3v) is 7.08. The van der Waals surface area contributed by atoms with Crippen molar-refractivity contribution in [1.82, 2.24) is 20.5 Å². The molecule has 13 heteroatoms. The third kappa shape index (κ3) is 7.72. The first kappa shape index (κ1) is 30.4. The summed E-state index contributed by atoms with van der Waals surface area (Å²) < 4.78 is 0. The maximum Gasteiger partial charge on any atom is 0.326 e. The van der Waals surface area contributed by atoms with E-state index in [9.17, 15) is 24.3 Å². The first-order valence-corrected chi connectivity index (χ1v) is 13.5. The average Bonchev–Trinajstić information content (AvgIpc) is 3.56. The van der Waals surface area contributed by atoms with E-state index in [2.05, 4.69) is 20.6 Å². The topological polar surface area (TPSA) is 222 Å². The number of carbonyl (C=O) groups is 4. The van der Waals surface area contributed by atoms with Crippen molar-refractivity contribution in [3.05, 3.63) is 36.0 Å². The summed E-state index contributed by atoms with van der Waals surface area (Å²) in [7, 11) is 0. The zero-order valence-electron chi connectivity index (χ0n) is 22.9. The number of guanidine groups is 1. The second-order valence-corrected chi connectivity index (χ2v) is 10.4. The van der Waals surface area contributed by atoms with E-state index in [0.717, 1.165) is 16.5 Å². The van der Waals surface area contributed by atoms with E-state index in [1.54, 1.807) is 20.0 Å². The minimum Gasteiger partial charge on any atom is -0.480 e. The number of fused-ring (bicyclic) bond motifs is 1. The standard InChI is InChI=1S/C27H40N8O5/c1-15(2)22(24(37)33-20(26(39)40)13-16-14-32-19-9-4-3-7-17(16)19)34-23(36)21-10-6-12-35(21)25(38)18(28)8-5-11-31-27(29)30/h3-4,7,9,14-15,18,20-22,32H,5-6,8,10-13,28H2,1-2H3,(H,33,37)(H,34,36)(H,39,40)(H4,29,30,31). The van der Waals surface area contributed by atoms with E-state index in [-0.39, 0.29) is 24.2 Å². The summed E-state index contributed by atoms with van der Waals surface area (Å²) in [5.74, 6) is -2.99. The van der Waals surface area contributed by atoms with E-state index in [1.807, 2.05) is 24.3 Å². The molecule has 0 aliphatic carbocycles. The number of para-hydroxylation sites is 1. The van der Waals surface area contributed by atoms with Crippen LogP contribution in [0.1, 0.15) is 45.1 Å². The number of aliphatic imine (C=N–C) groups is 1. The van der Waals surface area contributed by atoms with Gasteiger partial charge in [-0.25, -0.2) is 4.79 Å². The number of likely N-dealkylation sites (tertiary alicyclic amines) is 1. The number of aromatic nitrogens is 1. The summed E-state index contributed by atoms with van der Waals surface area (Å²) in [5, 5.41) is 16.0. The number of H-pyrrole nitrogens is 1. The molecule has 218 valence electrons. The van der Waals surface area contributed by atoms with Crippen molar-refractivity contribution in [2.75, 3.05) is 13.1 Å². The largest absolute Gasteiger partial charge is 0.480 e. The van der Waals surface area contributed by atoms with Crippen molar-refractivity contribution in [2.45, 2.75) is 70.1 Å². The molecule has 10 N–H and O–H groups in total. The summed E-state index contributed by atoms with van der Waals surface area (Å²) >= 11 is 0. The SMILES string of the molecule is CC(C)C(NC(=O)C1CCCN1C(=O)C(N)CCCN=C(N)N)C(=O)NC(Cc1c[nH]c2ccccc12)C(=O)O. The zero-order chi connectivity index (χ0) is 29.4. The molecule has 4 unspecified atom stereocenters. The van der Waals surface area contributed by atoms with Gasteiger partial charge in [-0.1, -0.05) is 32.0 Å². The van der Waals surface area contributed by atoms with E-state index >= 15 is 0 Å². The highest BCUT2D eigenvalue weighted by molar-refractivity contribution is 5.94. The summed E-state index contributed by atoms with van der Waals surface area (Å²) in [5.41, 5.74) is 18.3. The minimum absolute atomic E-state index is 0.0347. The van der Waals surface area contributed by atoms with Crippen LogP contribution in [0.5, 0.6) is 0 Å². The molecule has 1 aliphatic rings. The summed E-state index contributed by atoms with van der Waals surface area (Å²) in [4.78, 5) is 60.0. The number of carbonyl (C=O) groups excluding carboxylic acids is 3. The van der Waals surface area contributed by atoms with Crippen LogP contribution >= 0.6 is 0 Å². The van der Waals surface area contributed by atoms with Gasteiger partial charge in [-0.3, -0.25) is 19.4 Å². The number of carboxylic acid groups (broad SMARTS) is 1. The number of benzene rings is 1. The van der Waals surface area contributed by atoms with Gasteiger partial charge in [0, 0.05) is 36.6 Å². The number of nitrogens with zero attached hydrogens (tertiary/aromatic N) is 2. The summed E-state index contributed by atoms with van der Waals surface area (Å²) in [6, 6.07) is 3.71. The molecule has 1 fully saturated rings. The predicted molar refractivity (Wildman–Crippen MR) is 151 cm³/mol. The number of aliphatic carboxylic acids is 1. The number of rotatable bonds is 13. The second-order valence-electron chi connectivity index (χ2n) is 10.4. The lowest BCUT2D eigenvalue weighted by molar-refractivity contribution is -0.143. The second kappa shape index (κ2) is 13.8. The Morgan fingerprint density at radius 1 is 1.18 bits per heavy atom. The van der Waals surface area contributed by atoms with Gasteiger partial charge >= 0.3 is 5.97 Å². The Morgan fingerprint density at radius 2 is 1.90 bits per heavy atom. The normalized spacial score (nSPS) is 17.3. The van der Waals surface area contributed by atoms with Gasteiger partial charge in [0.2, 0.25) is 17.7 Å². The molecule has 1 aliphatic heterocycles. The molecular weight excluding hydrogens is 516 g/mol. The first-order chi connectivity index (χ1) is 19.0. The highest BCUT2D eigenvalue weighted by Crippen LogP contribution is 2.21. The van der Waals surface area contributed by atoms with Gasteiger partial charge in [0.25, 0.3) is 0 Å². The molecule has 1 aromatic carbocycles. The molecular formula is C27H40N8O5. The lowest BCUT2D eigenvalue weighted by atomic mass is 10.0. The van der Waals surface area contributed by atoms with Crippen LogP contribution in [0.4, 0.5) is 0 Å². The molecule has 13 nitrogen and oxygen atoms in total. The minimum atomic E-state index is -1.20.